The highest BCUT2D eigenvalue weighted by Crippen LogP contribution is 2.27. The molecule has 1 aromatic carbocycles. The molecule has 0 spiro atoms. The third-order valence-electron chi connectivity index (χ3n) is 2.40. The van der Waals surface area contributed by atoms with E-state index in [1.54, 1.807) is 18.2 Å². The Bertz CT molecular complexity index is 263. The van der Waals surface area contributed by atoms with E-state index in [1.165, 1.54) is 0 Å². The summed E-state index contributed by atoms with van der Waals surface area (Å²) in [7, 11) is 0. The standard InChI is InChI=1S/C11H15O/c1-4-11(2,3)9-6-5-7-10(12)8-9/h5,7-8,12H,4H2,1-3H3. The van der Waals surface area contributed by atoms with Crippen LogP contribution in [-0.4, -0.2) is 5.11 Å². The summed E-state index contributed by atoms with van der Waals surface area (Å²) in [6, 6.07) is 8.34. The average molecular weight is 163 g/mol. The fraction of sp³-hybridized carbons (Fsp3) is 0.455. The number of aromatic hydroxyl groups is 1. The monoisotopic (exact) mass is 163 g/mol. The second kappa shape index (κ2) is 3.18. The normalized spacial score (nSPS) is 11.6. The zero-order chi connectivity index (χ0) is 9.19. The first-order chi connectivity index (χ1) is 5.56. The van der Waals surface area contributed by atoms with Crippen molar-refractivity contribution in [2.75, 3.05) is 0 Å². The highest BCUT2D eigenvalue weighted by molar-refractivity contribution is 5.30. The summed E-state index contributed by atoms with van der Waals surface area (Å²) in [6.07, 6.45) is 1.05. The van der Waals surface area contributed by atoms with Gasteiger partial charge in [-0.15, -0.1) is 0 Å². The van der Waals surface area contributed by atoms with Crippen molar-refractivity contribution in [1.29, 1.82) is 0 Å². The molecule has 1 N–H and O–H groups in total. The summed E-state index contributed by atoms with van der Waals surface area (Å²) in [5.74, 6) is 0.324. The molecule has 0 bridgehead atoms. The molecule has 1 aromatic rings. The van der Waals surface area contributed by atoms with Gasteiger partial charge in [0.2, 0.25) is 0 Å². The zero-order valence-corrected chi connectivity index (χ0v) is 7.89. The van der Waals surface area contributed by atoms with Gasteiger partial charge >= 0.3 is 0 Å². The smallest absolute Gasteiger partial charge is 0.115 e. The molecule has 0 saturated carbocycles. The molecule has 0 unspecified atom stereocenters. The molecule has 0 atom stereocenters. The molecule has 0 aromatic heterocycles. The van der Waals surface area contributed by atoms with E-state index >= 15 is 0 Å². The highest BCUT2D eigenvalue weighted by Gasteiger charge is 2.17. The second-order valence-corrected chi connectivity index (χ2v) is 3.70. The largest absolute Gasteiger partial charge is 0.508 e. The lowest BCUT2D eigenvalue weighted by atomic mass is 9.82. The van der Waals surface area contributed by atoms with E-state index in [0.29, 0.717) is 5.75 Å². The fourth-order valence-electron chi connectivity index (χ4n) is 1.04. The highest BCUT2D eigenvalue weighted by atomic mass is 16.3. The maximum atomic E-state index is 9.25. The lowest BCUT2D eigenvalue weighted by Gasteiger charge is -2.22. The number of hydrogen-bond donors (Lipinski definition) is 1. The first-order valence-corrected chi connectivity index (χ1v) is 4.27. The molecule has 0 aliphatic rings. The summed E-state index contributed by atoms with van der Waals surface area (Å²) < 4.78 is 0. The molecule has 1 heteroatoms. The van der Waals surface area contributed by atoms with Crippen LogP contribution in [0.15, 0.2) is 18.2 Å². The second-order valence-electron chi connectivity index (χ2n) is 3.70. The van der Waals surface area contributed by atoms with Crippen LogP contribution in [0.4, 0.5) is 0 Å². The Morgan fingerprint density at radius 2 is 2.17 bits per heavy atom. The maximum absolute atomic E-state index is 9.25. The fourth-order valence-corrected chi connectivity index (χ4v) is 1.04. The Morgan fingerprint density at radius 1 is 1.50 bits per heavy atom. The number of benzene rings is 1. The number of phenolic OH excluding ortho intramolecular Hbond substituents is 1. The molecule has 0 aliphatic carbocycles. The van der Waals surface area contributed by atoms with Crippen LogP contribution in [0.2, 0.25) is 0 Å². The molecule has 12 heavy (non-hydrogen) atoms. The van der Waals surface area contributed by atoms with Crippen molar-refractivity contribution < 1.29 is 5.11 Å². The van der Waals surface area contributed by atoms with Crippen molar-refractivity contribution in [3.05, 3.63) is 29.8 Å². The molecule has 65 valence electrons. The van der Waals surface area contributed by atoms with Crippen LogP contribution in [0.1, 0.15) is 32.8 Å². The van der Waals surface area contributed by atoms with E-state index in [4.69, 9.17) is 0 Å². The van der Waals surface area contributed by atoms with Crippen LogP contribution in [0.3, 0.4) is 0 Å². The minimum Gasteiger partial charge on any atom is -0.508 e. The van der Waals surface area contributed by atoms with E-state index < -0.39 is 0 Å². The predicted molar refractivity (Wildman–Crippen MR) is 50.3 cm³/mol. The molecule has 0 aliphatic heterocycles. The van der Waals surface area contributed by atoms with E-state index in [0.717, 1.165) is 12.0 Å². The van der Waals surface area contributed by atoms with Gasteiger partial charge in [0.15, 0.2) is 0 Å². The molecule has 0 amide bonds. The molecular weight excluding hydrogens is 148 g/mol. The molecular formula is C11H15O. The molecule has 1 radical (unpaired) electrons. The summed E-state index contributed by atoms with van der Waals surface area (Å²) >= 11 is 0. The summed E-state index contributed by atoms with van der Waals surface area (Å²) in [5.41, 5.74) is 1.18. The van der Waals surface area contributed by atoms with Crippen molar-refractivity contribution in [3.8, 4) is 5.75 Å². The Labute approximate surface area is 74.1 Å². The number of phenols is 1. The number of rotatable bonds is 2. The maximum Gasteiger partial charge on any atom is 0.115 e. The molecule has 0 heterocycles. The van der Waals surface area contributed by atoms with Crippen LogP contribution in [0, 0.1) is 6.07 Å². The lowest BCUT2D eigenvalue weighted by molar-refractivity contribution is 0.464. The van der Waals surface area contributed by atoms with Crippen LogP contribution in [0.25, 0.3) is 0 Å². The Morgan fingerprint density at radius 3 is 2.67 bits per heavy atom. The summed E-state index contributed by atoms with van der Waals surface area (Å²) in [5, 5.41) is 9.25. The molecule has 0 saturated heterocycles. The zero-order valence-electron chi connectivity index (χ0n) is 7.89. The summed E-state index contributed by atoms with van der Waals surface area (Å²) in [4.78, 5) is 0. The van der Waals surface area contributed by atoms with Gasteiger partial charge in [-0.25, -0.2) is 0 Å². The van der Waals surface area contributed by atoms with Gasteiger partial charge in [0.25, 0.3) is 0 Å². The lowest BCUT2D eigenvalue weighted by Crippen LogP contribution is -2.15. The topological polar surface area (TPSA) is 20.2 Å². The molecule has 1 rings (SSSR count). The van der Waals surface area contributed by atoms with Crippen molar-refractivity contribution in [2.45, 2.75) is 32.6 Å². The number of hydrogen-bond acceptors (Lipinski definition) is 1. The van der Waals surface area contributed by atoms with E-state index in [1.807, 2.05) is 0 Å². The SMILES string of the molecule is CCC(C)(C)c1[c]ccc(O)c1. The van der Waals surface area contributed by atoms with Gasteiger partial charge in [-0.2, -0.15) is 0 Å². The predicted octanol–water partition coefficient (Wildman–Crippen LogP) is 2.88. The van der Waals surface area contributed by atoms with Gasteiger partial charge in [-0.3, -0.25) is 0 Å². The van der Waals surface area contributed by atoms with Gasteiger partial charge in [-0.05, 0) is 35.6 Å². The third-order valence-corrected chi connectivity index (χ3v) is 2.40. The van der Waals surface area contributed by atoms with E-state index in [9.17, 15) is 5.11 Å². The third kappa shape index (κ3) is 1.79. The van der Waals surface area contributed by atoms with E-state index in [-0.39, 0.29) is 5.41 Å². The van der Waals surface area contributed by atoms with Gasteiger partial charge in [0, 0.05) is 0 Å². The molecule has 0 fully saturated rings. The van der Waals surface area contributed by atoms with E-state index in [2.05, 4.69) is 26.8 Å². The average Bonchev–Trinajstić information content (AvgIpc) is 2.05. The summed E-state index contributed by atoms with van der Waals surface area (Å²) in [6.45, 7) is 6.44. The molecule has 1 nitrogen and oxygen atoms in total. The minimum atomic E-state index is 0.110. The van der Waals surface area contributed by atoms with Crippen LogP contribution >= 0.6 is 0 Å². The first kappa shape index (κ1) is 9.11. The first-order valence-electron chi connectivity index (χ1n) is 4.27. The Balaban J connectivity index is 3.03. The van der Waals surface area contributed by atoms with Crippen molar-refractivity contribution in [1.82, 2.24) is 0 Å². The van der Waals surface area contributed by atoms with Gasteiger partial charge in [0.1, 0.15) is 5.75 Å². The Kier molecular flexibility index (Phi) is 2.41. The van der Waals surface area contributed by atoms with Crippen LogP contribution in [0.5, 0.6) is 5.75 Å². The van der Waals surface area contributed by atoms with Gasteiger partial charge < -0.3 is 5.11 Å². The van der Waals surface area contributed by atoms with Crippen molar-refractivity contribution in [2.24, 2.45) is 0 Å². The van der Waals surface area contributed by atoms with Gasteiger partial charge in [0.05, 0.1) is 0 Å². The Hall–Kier alpha value is -0.980. The van der Waals surface area contributed by atoms with Crippen LogP contribution < -0.4 is 0 Å². The van der Waals surface area contributed by atoms with Crippen LogP contribution in [-0.2, 0) is 5.41 Å². The van der Waals surface area contributed by atoms with Crippen molar-refractivity contribution >= 4 is 0 Å². The van der Waals surface area contributed by atoms with Gasteiger partial charge in [-0.1, -0.05) is 26.8 Å². The minimum absolute atomic E-state index is 0.110. The van der Waals surface area contributed by atoms with Crippen molar-refractivity contribution in [3.63, 3.8) is 0 Å². The quantitative estimate of drug-likeness (QED) is 0.710.